The van der Waals surface area contributed by atoms with Gasteiger partial charge in [0.25, 0.3) is 0 Å². The van der Waals surface area contributed by atoms with Crippen LogP contribution in [-0.4, -0.2) is 9.78 Å². The summed E-state index contributed by atoms with van der Waals surface area (Å²) in [4.78, 5) is 0. The van der Waals surface area contributed by atoms with Crippen LogP contribution in [0, 0.1) is 6.92 Å². The summed E-state index contributed by atoms with van der Waals surface area (Å²) in [6.07, 6.45) is 3.89. The van der Waals surface area contributed by atoms with Crippen molar-refractivity contribution in [3.8, 4) is 0 Å². The molecule has 1 heterocycles. The Bertz CT molecular complexity index is 460. The number of aromatic nitrogens is 2. The van der Waals surface area contributed by atoms with E-state index in [-0.39, 0.29) is 0 Å². The van der Waals surface area contributed by atoms with Gasteiger partial charge < -0.3 is 5.32 Å². The van der Waals surface area contributed by atoms with Crippen LogP contribution in [0.5, 0.6) is 0 Å². The van der Waals surface area contributed by atoms with Crippen LogP contribution >= 0.6 is 0 Å². The van der Waals surface area contributed by atoms with Crippen LogP contribution in [-0.2, 0) is 13.1 Å². The van der Waals surface area contributed by atoms with Gasteiger partial charge in [0.15, 0.2) is 0 Å². The van der Waals surface area contributed by atoms with Crippen molar-refractivity contribution in [3.63, 3.8) is 0 Å². The van der Waals surface area contributed by atoms with Crippen molar-refractivity contribution in [2.75, 3.05) is 5.32 Å². The largest absolute Gasteiger partial charge is 0.378 e. The van der Waals surface area contributed by atoms with E-state index in [1.807, 2.05) is 17.1 Å². The van der Waals surface area contributed by atoms with Gasteiger partial charge in [-0.2, -0.15) is 5.10 Å². The Kier molecular flexibility index (Phi) is 3.25. The number of benzene rings is 1. The lowest BCUT2D eigenvalue weighted by molar-refractivity contribution is 0.660. The van der Waals surface area contributed by atoms with Gasteiger partial charge in [-0.05, 0) is 25.0 Å². The Morgan fingerprint density at radius 2 is 2.12 bits per heavy atom. The molecule has 1 N–H and O–H groups in total. The molecule has 0 aliphatic rings. The molecule has 2 rings (SSSR count). The molecule has 0 amide bonds. The third-order valence-electron chi connectivity index (χ3n) is 2.70. The molecular weight excluding hydrogens is 198 g/mol. The van der Waals surface area contributed by atoms with Crippen molar-refractivity contribution >= 4 is 5.69 Å². The molecule has 84 valence electrons. The topological polar surface area (TPSA) is 29.9 Å². The highest BCUT2D eigenvalue weighted by atomic mass is 15.3. The molecule has 0 aliphatic carbocycles. The zero-order valence-corrected chi connectivity index (χ0v) is 9.77. The van der Waals surface area contributed by atoms with Crippen molar-refractivity contribution in [2.24, 2.45) is 0 Å². The molecule has 3 heteroatoms. The number of nitrogens with one attached hydrogen (secondary N) is 1. The molecule has 16 heavy (non-hydrogen) atoms. The average molecular weight is 215 g/mol. The Hall–Kier alpha value is -1.77. The van der Waals surface area contributed by atoms with Crippen LogP contribution in [0.4, 0.5) is 5.69 Å². The summed E-state index contributed by atoms with van der Waals surface area (Å²) in [6.45, 7) is 5.97. The fraction of sp³-hybridized carbons (Fsp3) is 0.308. The van der Waals surface area contributed by atoms with E-state index in [0.29, 0.717) is 0 Å². The summed E-state index contributed by atoms with van der Waals surface area (Å²) in [7, 11) is 0. The first kappa shape index (κ1) is 10.7. The normalized spacial score (nSPS) is 10.4. The van der Waals surface area contributed by atoms with E-state index in [4.69, 9.17) is 0 Å². The second-order valence-corrected chi connectivity index (χ2v) is 3.86. The average Bonchev–Trinajstić information content (AvgIpc) is 2.76. The van der Waals surface area contributed by atoms with Gasteiger partial charge >= 0.3 is 0 Å². The molecule has 1 aromatic heterocycles. The van der Waals surface area contributed by atoms with Crippen molar-refractivity contribution in [3.05, 3.63) is 47.8 Å². The first-order valence-electron chi connectivity index (χ1n) is 5.60. The molecule has 0 atom stereocenters. The summed E-state index contributed by atoms with van der Waals surface area (Å²) in [6, 6.07) is 8.41. The second-order valence-electron chi connectivity index (χ2n) is 3.86. The molecule has 2 aromatic rings. The van der Waals surface area contributed by atoms with Crippen LogP contribution in [0.25, 0.3) is 0 Å². The Morgan fingerprint density at radius 1 is 1.31 bits per heavy atom. The van der Waals surface area contributed by atoms with Gasteiger partial charge in [-0.1, -0.05) is 24.3 Å². The zero-order chi connectivity index (χ0) is 11.4. The summed E-state index contributed by atoms with van der Waals surface area (Å²) >= 11 is 0. The van der Waals surface area contributed by atoms with Gasteiger partial charge in [0.05, 0.1) is 11.9 Å². The first-order chi connectivity index (χ1) is 7.79. The van der Waals surface area contributed by atoms with Crippen LogP contribution in [0.3, 0.4) is 0 Å². The zero-order valence-electron chi connectivity index (χ0n) is 9.77. The van der Waals surface area contributed by atoms with Gasteiger partial charge in [0.1, 0.15) is 0 Å². The van der Waals surface area contributed by atoms with E-state index in [1.54, 1.807) is 0 Å². The molecule has 0 bridgehead atoms. The summed E-state index contributed by atoms with van der Waals surface area (Å²) in [5.74, 6) is 0. The van der Waals surface area contributed by atoms with Crippen molar-refractivity contribution < 1.29 is 0 Å². The highest BCUT2D eigenvalue weighted by Gasteiger charge is 1.99. The summed E-state index contributed by atoms with van der Waals surface area (Å²) < 4.78 is 1.92. The van der Waals surface area contributed by atoms with Crippen LogP contribution in [0.1, 0.15) is 18.1 Å². The lowest BCUT2D eigenvalue weighted by Crippen LogP contribution is -2.00. The molecular formula is C13H17N3. The third-order valence-corrected chi connectivity index (χ3v) is 2.70. The number of aryl methyl sites for hydroxylation is 2. The molecule has 0 aliphatic heterocycles. The third kappa shape index (κ3) is 2.42. The predicted molar refractivity (Wildman–Crippen MR) is 66.4 cm³/mol. The predicted octanol–water partition coefficient (Wildman–Crippen LogP) is 2.82. The van der Waals surface area contributed by atoms with Gasteiger partial charge in [-0.25, -0.2) is 0 Å². The SMILES string of the molecule is CCn1cc(NCc2ccccc2C)cn1. The molecule has 0 unspecified atom stereocenters. The minimum Gasteiger partial charge on any atom is -0.378 e. The smallest absolute Gasteiger partial charge is 0.0729 e. The van der Waals surface area contributed by atoms with Gasteiger partial charge in [0.2, 0.25) is 0 Å². The first-order valence-corrected chi connectivity index (χ1v) is 5.60. The fourth-order valence-corrected chi connectivity index (χ4v) is 1.63. The van der Waals surface area contributed by atoms with Crippen LogP contribution < -0.4 is 5.32 Å². The number of rotatable bonds is 4. The quantitative estimate of drug-likeness (QED) is 0.850. The van der Waals surface area contributed by atoms with Gasteiger partial charge in [0, 0.05) is 19.3 Å². The molecule has 0 radical (unpaired) electrons. The summed E-state index contributed by atoms with van der Waals surface area (Å²) in [5, 5.41) is 7.60. The highest BCUT2D eigenvalue weighted by molar-refractivity contribution is 5.40. The van der Waals surface area contributed by atoms with Gasteiger partial charge in [-0.3, -0.25) is 4.68 Å². The maximum Gasteiger partial charge on any atom is 0.0729 e. The minimum absolute atomic E-state index is 0.849. The van der Waals surface area contributed by atoms with Crippen molar-refractivity contribution in [1.82, 2.24) is 9.78 Å². The van der Waals surface area contributed by atoms with E-state index in [9.17, 15) is 0 Å². The number of anilines is 1. The fourth-order valence-electron chi connectivity index (χ4n) is 1.63. The number of hydrogen-bond donors (Lipinski definition) is 1. The molecule has 0 spiro atoms. The van der Waals surface area contributed by atoms with E-state index in [2.05, 4.69) is 48.5 Å². The number of nitrogens with zero attached hydrogens (tertiary/aromatic N) is 2. The Balaban J connectivity index is 1.99. The highest BCUT2D eigenvalue weighted by Crippen LogP contribution is 2.11. The van der Waals surface area contributed by atoms with E-state index in [1.165, 1.54) is 11.1 Å². The van der Waals surface area contributed by atoms with Gasteiger partial charge in [-0.15, -0.1) is 0 Å². The standard InChI is InChI=1S/C13H17N3/c1-3-16-10-13(9-15-16)14-8-12-7-5-4-6-11(12)2/h4-7,9-10,14H,3,8H2,1-2H3. The molecule has 0 fully saturated rings. The molecule has 0 saturated carbocycles. The van der Waals surface area contributed by atoms with Crippen LogP contribution in [0.15, 0.2) is 36.7 Å². The lowest BCUT2D eigenvalue weighted by Gasteiger charge is -2.06. The van der Waals surface area contributed by atoms with E-state index >= 15 is 0 Å². The van der Waals surface area contributed by atoms with Crippen LogP contribution in [0.2, 0.25) is 0 Å². The van der Waals surface area contributed by atoms with Crippen molar-refractivity contribution in [2.45, 2.75) is 26.9 Å². The molecule has 1 aromatic carbocycles. The van der Waals surface area contributed by atoms with E-state index < -0.39 is 0 Å². The number of hydrogen-bond acceptors (Lipinski definition) is 2. The minimum atomic E-state index is 0.849. The molecule has 3 nitrogen and oxygen atoms in total. The monoisotopic (exact) mass is 215 g/mol. The van der Waals surface area contributed by atoms with Crippen molar-refractivity contribution in [1.29, 1.82) is 0 Å². The second kappa shape index (κ2) is 4.84. The van der Waals surface area contributed by atoms with E-state index in [0.717, 1.165) is 18.8 Å². The lowest BCUT2D eigenvalue weighted by atomic mass is 10.1. The Labute approximate surface area is 96.1 Å². The maximum absolute atomic E-state index is 4.22. The summed E-state index contributed by atoms with van der Waals surface area (Å²) in [5.41, 5.74) is 3.72. The Morgan fingerprint density at radius 3 is 2.81 bits per heavy atom. The maximum atomic E-state index is 4.22. The molecule has 0 saturated heterocycles.